The summed E-state index contributed by atoms with van der Waals surface area (Å²) < 4.78 is 0. The normalized spacial score (nSPS) is 11.8. The minimum Gasteiger partial charge on any atom is -0.361 e. The topological polar surface area (TPSA) is 146 Å². The van der Waals surface area contributed by atoms with Gasteiger partial charge in [-0.05, 0) is 60.5 Å². The van der Waals surface area contributed by atoms with E-state index in [1.54, 1.807) is 73.8 Å². The average molecular weight is 682 g/mol. The Bertz CT molecular complexity index is 2230. The van der Waals surface area contributed by atoms with Crippen molar-refractivity contribution in [3.05, 3.63) is 172 Å². The van der Waals surface area contributed by atoms with Crippen molar-refractivity contribution in [1.29, 1.82) is 0 Å². The minimum absolute atomic E-state index is 0.0375. The molecule has 1 heterocycles. The summed E-state index contributed by atoms with van der Waals surface area (Å²) in [5.74, 6) is -1.35. The van der Waals surface area contributed by atoms with Crippen LogP contribution in [0.1, 0.15) is 32.3 Å². The number of rotatable bonds is 11. The van der Waals surface area contributed by atoms with Gasteiger partial charge in [0.15, 0.2) is 0 Å². The average Bonchev–Trinajstić information content (AvgIpc) is 3.54. The number of aromatic nitrogens is 1. The maximum Gasteiger partial charge on any atom is 0.272 e. The van der Waals surface area contributed by atoms with Crippen molar-refractivity contribution >= 4 is 63.5 Å². The number of nitrogens with one attached hydrogen (secondary N) is 4. The van der Waals surface area contributed by atoms with Crippen molar-refractivity contribution in [2.24, 2.45) is 0 Å². The predicted octanol–water partition coefficient (Wildman–Crippen LogP) is 8.27. The molecule has 0 aliphatic rings. The molecule has 1 aromatic heterocycles. The smallest absolute Gasteiger partial charge is 0.272 e. The lowest BCUT2D eigenvalue weighted by Gasteiger charge is -2.18. The molecular formula is C39H31N5O5S. The van der Waals surface area contributed by atoms with E-state index >= 15 is 0 Å². The van der Waals surface area contributed by atoms with Crippen LogP contribution in [-0.2, 0) is 9.59 Å². The largest absolute Gasteiger partial charge is 0.361 e. The first kappa shape index (κ1) is 33.4. The van der Waals surface area contributed by atoms with E-state index in [1.807, 2.05) is 60.7 Å². The number of anilines is 2. The molecule has 4 N–H and O–H groups in total. The lowest BCUT2D eigenvalue weighted by Crippen LogP contribution is -2.30. The highest BCUT2D eigenvalue weighted by molar-refractivity contribution is 8.00. The van der Waals surface area contributed by atoms with Crippen LogP contribution in [0.2, 0.25) is 0 Å². The zero-order valence-corrected chi connectivity index (χ0v) is 27.6. The fourth-order valence-electron chi connectivity index (χ4n) is 5.25. The second kappa shape index (κ2) is 15.2. The van der Waals surface area contributed by atoms with Gasteiger partial charge in [0, 0.05) is 50.9 Å². The van der Waals surface area contributed by atoms with E-state index in [9.17, 15) is 24.5 Å². The standard InChI is InChI=1S/C39H31N5O5S/c1-25-19-20-30(44(48)49)23-34(25)42-39(47)36(26-11-4-2-5-12-26)50-31-16-10-15-29(22-31)41-38(46)35(43-37(45)27-13-6-3-7-14-27)21-28-24-40-33-18-9-8-17-32(28)33/h2-24,36,40H,1H3,(H,41,46)(H,42,47)(H,43,45)/b35-21-. The van der Waals surface area contributed by atoms with Crippen LogP contribution in [0.25, 0.3) is 17.0 Å². The fourth-order valence-corrected chi connectivity index (χ4v) is 6.33. The lowest BCUT2D eigenvalue weighted by atomic mass is 10.1. The summed E-state index contributed by atoms with van der Waals surface area (Å²) in [7, 11) is 0. The number of nitro benzene ring substituents is 1. The van der Waals surface area contributed by atoms with Crippen molar-refractivity contribution in [3.8, 4) is 0 Å². The number of nitrogens with zero attached hydrogens (tertiary/aromatic N) is 1. The zero-order valence-electron chi connectivity index (χ0n) is 26.8. The molecular weight excluding hydrogens is 651 g/mol. The molecule has 6 rings (SSSR count). The molecule has 5 aromatic carbocycles. The van der Waals surface area contributed by atoms with Gasteiger partial charge in [-0.25, -0.2) is 0 Å². The maximum atomic E-state index is 13.8. The molecule has 0 saturated carbocycles. The first-order chi connectivity index (χ1) is 24.2. The number of amides is 3. The molecule has 0 bridgehead atoms. The highest BCUT2D eigenvalue weighted by Crippen LogP contribution is 2.38. The molecule has 6 aromatic rings. The number of fused-ring (bicyclic) bond motifs is 1. The van der Waals surface area contributed by atoms with Crippen molar-refractivity contribution in [2.45, 2.75) is 17.1 Å². The molecule has 50 heavy (non-hydrogen) atoms. The molecule has 0 spiro atoms. The van der Waals surface area contributed by atoms with Gasteiger partial charge in [0.1, 0.15) is 10.9 Å². The molecule has 10 nitrogen and oxygen atoms in total. The number of para-hydroxylation sites is 1. The highest BCUT2D eigenvalue weighted by atomic mass is 32.2. The van der Waals surface area contributed by atoms with Crippen LogP contribution in [0.4, 0.5) is 17.1 Å². The van der Waals surface area contributed by atoms with Crippen molar-refractivity contribution in [2.75, 3.05) is 10.6 Å². The number of nitro groups is 1. The van der Waals surface area contributed by atoms with E-state index in [-0.39, 0.29) is 17.3 Å². The second-order valence-electron chi connectivity index (χ2n) is 11.3. The third-order valence-electron chi connectivity index (χ3n) is 7.83. The van der Waals surface area contributed by atoms with Crippen LogP contribution in [-0.4, -0.2) is 27.6 Å². The first-order valence-corrected chi connectivity index (χ1v) is 16.5. The number of aryl methyl sites for hydroxylation is 1. The Morgan fingerprint density at radius 1 is 0.820 bits per heavy atom. The molecule has 0 radical (unpaired) electrons. The predicted molar refractivity (Wildman–Crippen MR) is 197 cm³/mol. The summed E-state index contributed by atoms with van der Waals surface area (Å²) in [5.41, 5.74) is 4.11. The van der Waals surface area contributed by atoms with E-state index in [4.69, 9.17) is 0 Å². The summed E-state index contributed by atoms with van der Waals surface area (Å²) >= 11 is 1.26. The van der Waals surface area contributed by atoms with Gasteiger partial charge in [0.05, 0.1) is 10.6 Å². The summed E-state index contributed by atoms with van der Waals surface area (Å²) in [6.07, 6.45) is 3.40. The Kier molecular flexibility index (Phi) is 10.2. The van der Waals surface area contributed by atoms with Crippen LogP contribution in [0.5, 0.6) is 0 Å². The number of carbonyl (C=O) groups is 3. The number of benzene rings is 5. The number of thioether (sulfide) groups is 1. The van der Waals surface area contributed by atoms with Gasteiger partial charge >= 0.3 is 0 Å². The van der Waals surface area contributed by atoms with Crippen LogP contribution in [0, 0.1) is 17.0 Å². The van der Waals surface area contributed by atoms with E-state index < -0.39 is 22.0 Å². The fraction of sp³-hybridized carbons (Fsp3) is 0.0513. The maximum absolute atomic E-state index is 13.8. The number of non-ortho nitro benzene ring substituents is 1. The Balaban J connectivity index is 1.26. The number of carbonyl (C=O) groups excluding carboxylic acids is 3. The molecule has 248 valence electrons. The monoisotopic (exact) mass is 681 g/mol. The van der Waals surface area contributed by atoms with Crippen LogP contribution in [0.3, 0.4) is 0 Å². The Morgan fingerprint density at radius 3 is 2.30 bits per heavy atom. The van der Waals surface area contributed by atoms with Crippen LogP contribution < -0.4 is 16.0 Å². The molecule has 0 aliphatic heterocycles. The summed E-state index contributed by atoms with van der Waals surface area (Å²) in [6.45, 7) is 1.76. The molecule has 1 unspecified atom stereocenters. The molecule has 11 heteroatoms. The van der Waals surface area contributed by atoms with Gasteiger partial charge < -0.3 is 20.9 Å². The van der Waals surface area contributed by atoms with E-state index in [2.05, 4.69) is 20.9 Å². The number of hydrogen-bond donors (Lipinski definition) is 4. The molecule has 3 amide bonds. The Morgan fingerprint density at radius 2 is 1.54 bits per heavy atom. The summed E-state index contributed by atoms with van der Waals surface area (Å²) in [5, 5.41) is 20.1. The molecule has 0 aliphatic carbocycles. The third-order valence-corrected chi connectivity index (χ3v) is 9.07. The van der Waals surface area contributed by atoms with Crippen molar-refractivity contribution in [1.82, 2.24) is 10.3 Å². The third kappa shape index (κ3) is 7.97. The van der Waals surface area contributed by atoms with Gasteiger partial charge in [-0.2, -0.15) is 0 Å². The Labute approximate surface area is 291 Å². The van der Waals surface area contributed by atoms with Crippen molar-refractivity contribution in [3.63, 3.8) is 0 Å². The highest BCUT2D eigenvalue weighted by Gasteiger charge is 2.24. The molecule has 0 fully saturated rings. The number of H-pyrrole nitrogens is 1. The molecule has 1 atom stereocenters. The van der Waals surface area contributed by atoms with Crippen LogP contribution in [0.15, 0.2) is 144 Å². The second-order valence-corrected chi connectivity index (χ2v) is 12.5. The summed E-state index contributed by atoms with van der Waals surface area (Å²) in [6, 6.07) is 36.8. The minimum atomic E-state index is -0.733. The number of hydrogen-bond acceptors (Lipinski definition) is 6. The van der Waals surface area contributed by atoms with Gasteiger partial charge in [-0.3, -0.25) is 24.5 Å². The lowest BCUT2D eigenvalue weighted by molar-refractivity contribution is -0.384. The van der Waals surface area contributed by atoms with E-state index in [0.717, 1.165) is 22.0 Å². The SMILES string of the molecule is Cc1ccc([N+](=O)[O-])cc1NC(=O)C(Sc1cccc(NC(=O)/C(=C/c2c[nH]c3ccccc23)NC(=O)c2ccccc2)c1)c1ccccc1. The van der Waals surface area contributed by atoms with Crippen LogP contribution >= 0.6 is 11.8 Å². The van der Waals surface area contributed by atoms with Crippen molar-refractivity contribution < 1.29 is 19.3 Å². The van der Waals surface area contributed by atoms with E-state index in [1.165, 1.54) is 23.9 Å². The quantitative estimate of drug-likeness (QED) is 0.0469. The van der Waals surface area contributed by atoms with Gasteiger partial charge in [0.25, 0.3) is 17.5 Å². The van der Waals surface area contributed by atoms with Gasteiger partial charge in [-0.15, -0.1) is 11.8 Å². The van der Waals surface area contributed by atoms with Gasteiger partial charge in [-0.1, -0.05) is 78.9 Å². The number of aromatic amines is 1. The molecule has 0 saturated heterocycles. The summed E-state index contributed by atoms with van der Waals surface area (Å²) in [4.78, 5) is 55.4. The Hall–Kier alpha value is -6.46. The zero-order chi connectivity index (χ0) is 35.0. The van der Waals surface area contributed by atoms with Gasteiger partial charge in [0.2, 0.25) is 5.91 Å². The first-order valence-electron chi connectivity index (χ1n) is 15.6. The van der Waals surface area contributed by atoms with E-state index in [0.29, 0.717) is 27.4 Å².